The van der Waals surface area contributed by atoms with Crippen molar-refractivity contribution in [3.63, 3.8) is 0 Å². The molecule has 0 saturated carbocycles. The molecule has 12 aromatic rings. The molecule has 0 aliphatic heterocycles. The summed E-state index contributed by atoms with van der Waals surface area (Å²) in [6, 6.07) is 57.2. The predicted molar refractivity (Wildman–Crippen MR) is 270 cm³/mol. The Morgan fingerprint density at radius 1 is 0.423 bits per heavy atom. The van der Waals surface area contributed by atoms with E-state index in [1.165, 1.54) is 30.4 Å². The van der Waals surface area contributed by atoms with Gasteiger partial charge in [0.2, 0.25) is 0 Å². The van der Waals surface area contributed by atoms with Crippen molar-refractivity contribution in [1.82, 2.24) is 29.5 Å². The predicted octanol–water partition coefficient (Wildman–Crippen LogP) is 13.0. The standard InChI is InChI=1S/2C27H15F4N2.C7H5N4.Ir/c2*28-20-11-13-24(22(30)15-20)32-17-33(25-14-12-21(29)16-23(25)31)27(19-9-5-2-6-10-19)26(32)18-7-3-1-4-8-18;1-2-4-8-6(3-1)7-5-9-11-10-7;/h2*1-13,15-16H;1-5H;/q3*-1;. The van der Waals surface area contributed by atoms with Gasteiger partial charge >= 0.3 is 0 Å². The fourth-order valence-electron chi connectivity index (χ4n) is 8.30. The molecule has 4 heterocycles. The second-order valence-electron chi connectivity index (χ2n) is 16.7. The van der Waals surface area contributed by atoms with Crippen molar-refractivity contribution in [2.24, 2.45) is 0 Å². The molecule has 0 amide bonds. The number of pyridine rings is 1. The van der Waals surface area contributed by atoms with Gasteiger partial charge in [-0.1, -0.05) is 134 Å². The van der Waals surface area contributed by atoms with E-state index in [4.69, 9.17) is 0 Å². The normalized spacial score (nSPS) is 10.7. The molecule has 0 bridgehead atoms. The van der Waals surface area contributed by atoms with E-state index in [9.17, 15) is 35.1 Å². The number of rotatable bonds is 9. The monoisotopic (exact) mass is 1220 g/mol. The van der Waals surface area contributed by atoms with Gasteiger partial charge in [0.25, 0.3) is 12.7 Å². The smallest absolute Gasteiger partial charge is 0.268 e. The molecule has 0 unspecified atom stereocenters. The van der Waals surface area contributed by atoms with Gasteiger partial charge in [0, 0.05) is 61.7 Å². The van der Waals surface area contributed by atoms with Crippen molar-refractivity contribution in [2.45, 2.75) is 0 Å². The Labute approximate surface area is 454 Å². The second kappa shape index (κ2) is 24.0. The van der Waals surface area contributed by atoms with E-state index in [2.05, 4.69) is 45.2 Å². The molecule has 17 heteroatoms. The van der Waals surface area contributed by atoms with Crippen LogP contribution >= 0.6 is 0 Å². The van der Waals surface area contributed by atoms with Gasteiger partial charge < -0.3 is 19.3 Å². The zero-order valence-corrected chi connectivity index (χ0v) is 42.5. The molecule has 8 nitrogen and oxygen atoms in total. The fourth-order valence-corrected chi connectivity index (χ4v) is 8.30. The molecule has 0 N–H and O–H groups in total. The summed E-state index contributed by atoms with van der Waals surface area (Å²) in [6.07, 6.45) is 9.25. The molecule has 0 fully saturated rings. The van der Waals surface area contributed by atoms with E-state index in [0.29, 0.717) is 50.7 Å². The van der Waals surface area contributed by atoms with E-state index in [1.807, 2.05) is 140 Å². The van der Waals surface area contributed by atoms with Gasteiger partial charge in [-0.3, -0.25) is 36.9 Å². The van der Waals surface area contributed by atoms with Crippen molar-refractivity contribution >= 4 is 0 Å². The van der Waals surface area contributed by atoms with Crippen molar-refractivity contribution < 1.29 is 64.4 Å². The van der Waals surface area contributed by atoms with Crippen molar-refractivity contribution in [3.8, 4) is 79.2 Å². The van der Waals surface area contributed by atoms with Crippen LogP contribution in [0.1, 0.15) is 0 Å². The van der Waals surface area contributed by atoms with Gasteiger partial charge in [0.15, 0.2) is 0 Å². The first-order chi connectivity index (χ1) is 37.5. The summed E-state index contributed by atoms with van der Waals surface area (Å²) in [5.74, 6) is -6.33. The average molecular weight is 1220 g/mol. The first-order valence-electron chi connectivity index (χ1n) is 23.3. The Bertz CT molecular complexity index is 3520. The van der Waals surface area contributed by atoms with Crippen LogP contribution in [0, 0.1) is 71.3 Å². The molecule has 0 aliphatic carbocycles. The van der Waals surface area contributed by atoms with Crippen LogP contribution in [0.5, 0.6) is 0 Å². The maximum Gasteiger partial charge on any atom is 0.268 e. The van der Waals surface area contributed by atoms with Gasteiger partial charge in [-0.15, -0.1) is 24.3 Å². The van der Waals surface area contributed by atoms with Gasteiger partial charge in [0.05, 0.1) is 28.5 Å². The first-order valence-corrected chi connectivity index (χ1v) is 23.3. The van der Waals surface area contributed by atoms with Crippen LogP contribution in [0.15, 0.2) is 213 Å². The quantitative estimate of drug-likeness (QED) is 0.0820. The summed E-state index contributed by atoms with van der Waals surface area (Å²) in [6.45, 7) is 0. The van der Waals surface area contributed by atoms with Crippen LogP contribution in [0.25, 0.3) is 79.2 Å². The molecule has 0 spiro atoms. The van der Waals surface area contributed by atoms with Crippen LogP contribution in [0.4, 0.5) is 35.1 Å². The number of nitrogens with zero attached hydrogens (tertiary/aromatic N) is 8. The SMILES string of the molecule is Fc1c[c-]c(-n2[c-][n+](-c3ccc(F)cc3F)c(-c3ccccc3)c2-c2ccccc2)c(F)c1.Fc1c[c-]c(-n2[c-][n+](-c3ccc(F)cc3F)c(-c3ccccc3)c2-c2ccccc2)c(F)c1.[Ir].c1ccc(-c2cnn[n-]2)nc1. The minimum Gasteiger partial charge on any atom is -0.358 e. The van der Waals surface area contributed by atoms with Crippen LogP contribution in [0.2, 0.25) is 0 Å². The summed E-state index contributed by atoms with van der Waals surface area (Å²) in [5, 5.41) is 10.8. The van der Waals surface area contributed by atoms with Crippen LogP contribution in [-0.4, -0.2) is 24.4 Å². The Kier molecular flexibility index (Phi) is 16.5. The zero-order chi connectivity index (χ0) is 53.4. The van der Waals surface area contributed by atoms with E-state index in [1.54, 1.807) is 12.4 Å². The number of hydrogen-bond acceptors (Lipinski definition) is 3. The minimum atomic E-state index is -0.857. The van der Waals surface area contributed by atoms with Crippen molar-refractivity contribution in [3.05, 3.63) is 284 Å². The van der Waals surface area contributed by atoms with E-state index >= 15 is 0 Å². The summed E-state index contributed by atoms with van der Waals surface area (Å²) < 4.78 is 120. The Balaban J connectivity index is 0.000000157. The first kappa shape index (κ1) is 53.4. The molecule has 0 atom stereocenters. The largest absolute Gasteiger partial charge is 0.358 e. The third-order valence-electron chi connectivity index (χ3n) is 11.7. The molecular weight excluding hydrogens is 1190 g/mol. The number of hydrogen-bond donors (Lipinski definition) is 0. The molecule has 12 rings (SSSR count). The topological polar surface area (TPSA) is 70.4 Å². The zero-order valence-electron chi connectivity index (χ0n) is 40.1. The summed E-state index contributed by atoms with van der Waals surface area (Å²) >= 11 is 0. The van der Waals surface area contributed by atoms with E-state index in [-0.39, 0.29) is 42.9 Å². The number of halogens is 8. The molecule has 4 aromatic heterocycles. The summed E-state index contributed by atoms with van der Waals surface area (Å²) in [5.41, 5.74) is 6.08. The van der Waals surface area contributed by atoms with Gasteiger partial charge in [-0.05, 0) is 75.7 Å². The number of aromatic nitrogens is 8. The minimum absolute atomic E-state index is 0. The fraction of sp³-hybridized carbons (Fsp3) is 0. The molecule has 1 radical (unpaired) electrons. The molecule has 8 aromatic carbocycles. The molecule has 0 saturated heterocycles. The van der Waals surface area contributed by atoms with E-state index in [0.717, 1.165) is 54.2 Å². The molecule has 78 heavy (non-hydrogen) atoms. The number of benzene rings is 8. The van der Waals surface area contributed by atoms with Crippen LogP contribution in [0.3, 0.4) is 0 Å². The van der Waals surface area contributed by atoms with Crippen LogP contribution in [-0.2, 0) is 20.1 Å². The summed E-state index contributed by atoms with van der Waals surface area (Å²) in [7, 11) is 0. The molecular formula is C61H35F8IrN8-3. The maximum atomic E-state index is 14.9. The Morgan fingerprint density at radius 2 is 0.821 bits per heavy atom. The second-order valence-corrected chi connectivity index (χ2v) is 16.7. The number of imidazole rings is 2. The Hall–Kier alpha value is -9.44. The van der Waals surface area contributed by atoms with Gasteiger partial charge in [0.1, 0.15) is 34.6 Å². The maximum absolute atomic E-state index is 14.9. The third-order valence-corrected chi connectivity index (χ3v) is 11.7. The summed E-state index contributed by atoms with van der Waals surface area (Å²) in [4.78, 5) is 4.08. The Morgan fingerprint density at radius 3 is 1.18 bits per heavy atom. The van der Waals surface area contributed by atoms with Gasteiger partial charge in [-0.25, -0.2) is 17.6 Å². The van der Waals surface area contributed by atoms with E-state index < -0.39 is 46.5 Å². The van der Waals surface area contributed by atoms with Crippen LogP contribution < -0.4 is 14.2 Å². The third kappa shape index (κ3) is 11.5. The molecule has 387 valence electrons. The van der Waals surface area contributed by atoms with Gasteiger partial charge in [-0.2, -0.15) is 12.1 Å². The molecule has 0 aliphatic rings. The van der Waals surface area contributed by atoms with Crippen molar-refractivity contribution in [2.75, 3.05) is 0 Å². The average Bonchev–Trinajstić information content (AvgIpc) is 4.36. The van der Waals surface area contributed by atoms with Crippen molar-refractivity contribution in [1.29, 1.82) is 0 Å².